The standard InChI is InChI=1S/C16H28N2O/c1-13-6-7-15(11-14(13)2)18(9-4-8-17)12-16-5-3-10-19-16/h3,5,10,13-15H,4,6-9,11-12,17H2,1-2H3/p+2/t13-,14+,15+/m1/s1. The molecule has 1 saturated carbocycles. The zero-order chi connectivity index (χ0) is 13.7. The average molecular weight is 266 g/mol. The molecule has 1 aromatic rings. The van der Waals surface area contributed by atoms with E-state index in [1.54, 1.807) is 11.2 Å². The third-order valence-corrected chi connectivity index (χ3v) is 4.90. The molecule has 1 aromatic heterocycles. The maximum absolute atomic E-state index is 5.55. The molecule has 1 heterocycles. The molecule has 19 heavy (non-hydrogen) atoms. The molecule has 3 nitrogen and oxygen atoms in total. The van der Waals surface area contributed by atoms with E-state index in [2.05, 4.69) is 25.6 Å². The second-order valence-corrected chi connectivity index (χ2v) is 6.34. The predicted octanol–water partition coefficient (Wildman–Crippen LogP) is 1.12. The Morgan fingerprint density at radius 3 is 2.79 bits per heavy atom. The normalized spacial score (nSPS) is 29.3. The summed E-state index contributed by atoms with van der Waals surface area (Å²) in [6, 6.07) is 4.92. The summed E-state index contributed by atoms with van der Waals surface area (Å²) in [5.74, 6) is 2.89. The quantitative estimate of drug-likeness (QED) is 0.796. The van der Waals surface area contributed by atoms with E-state index < -0.39 is 0 Å². The van der Waals surface area contributed by atoms with Crippen LogP contribution in [0, 0.1) is 11.8 Å². The van der Waals surface area contributed by atoms with Crippen LogP contribution >= 0.6 is 0 Å². The second kappa shape index (κ2) is 7.11. The summed E-state index contributed by atoms with van der Waals surface area (Å²) < 4.78 is 5.55. The van der Waals surface area contributed by atoms with Gasteiger partial charge in [-0.25, -0.2) is 0 Å². The topological polar surface area (TPSA) is 45.2 Å². The van der Waals surface area contributed by atoms with E-state index >= 15 is 0 Å². The molecule has 0 spiro atoms. The molecule has 4 N–H and O–H groups in total. The van der Waals surface area contributed by atoms with Gasteiger partial charge in [0, 0.05) is 12.8 Å². The van der Waals surface area contributed by atoms with Gasteiger partial charge in [0.2, 0.25) is 0 Å². The van der Waals surface area contributed by atoms with Gasteiger partial charge in [-0.05, 0) is 36.8 Å². The molecular weight excluding hydrogens is 236 g/mol. The summed E-state index contributed by atoms with van der Waals surface area (Å²) in [6.45, 7) is 8.14. The zero-order valence-electron chi connectivity index (χ0n) is 12.5. The lowest BCUT2D eigenvalue weighted by atomic mass is 9.78. The fraction of sp³-hybridized carbons (Fsp3) is 0.750. The molecule has 108 valence electrons. The van der Waals surface area contributed by atoms with E-state index in [0.717, 1.165) is 36.7 Å². The number of hydrogen-bond donors (Lipinski definition) is 2. The van der Waals surface area contributed by atoms with E-state index in [0.29, 0.717) is 0 Å². The Bertz CT molecular complexity index is 350. The highest BCUT2D eigenvalue weighted by Gasteiger charge is 2.31. The van der Waals surface area contributed by atoms with Gasteiger partial charge in [-0.15, -0.1) is 0 Å². The molecule has 0 aliphatic heterocycles. The van der Waals surface area contributed by atoms with Crippen molar-refractivity contribution in [1.29, 1.82) is 0 Å². The third-order valence-electron chi connectivity index (χ3n) is 4.90. The number of rotatable bonds is 6. The summed E-state index contributed by atoms with van der Waals surface area (Å²) in [7, 11) is 0. The Balaban J connectivity index is 1.96. The molecule has 0 aromatic carbocycles. The first-order chi connectivity index (χ1) is 9.20. The predicted molar refractivity (Wildman–Crippen MR) is 76.6 cm³/mol. The summed E-state index contributed by atoms with van der Waals surface area (Å²) in [5.41, 5.74) is 3.99. The Hall–Kier alpha value is -0.800. The van der Waals surface area contributed by atoms with Crippen molar-refractivity contribution in [3.8, 4) is 0 Å². The van der Waals surface area contributed by atoms with Gasteiger partial charge in [0.15, 0.2) is 5.76 Å². The number of furan rings is 1. The van der Waals surface area contributed by atoms with Crippen molar-refractivity contribution < 1.29 is 15.1 Å². The van der Waals surface area contributed by atoms with Gasteiger partial charge in [0.1, 0.15) is 6.54 Å². The third kappa shape index (κ3) is 4.08. The lowest BCUT2D eigenvalue weighted by Gasteiger charge is -2.36. The van der Waals surface area contributed by atoms with Crippen molar-refractivity contribution in [3.63, 3.8) is 0 Å². The molecular formula is C16H30N2O+2. The zero-order valence-corrected chi connectivity index (χ0v) is 12.5. The van der Waals surface area contributed by atoms with Crippen LogP contribution in [0.3, 0.4) is 0 Å². The van der Waals surface area contributed by atoms with Crippen LogP contribution in [-0.4, -0.2) is 19.1 Å². The second-order valence-electron chi connectivity index (χ2n) is 6.34. The Morgan fingerprint density at radius 2 is 2.16 bits per heavy atom. The average Bonchev–Trinajstić information content (AvgIpc) is 2.91. The molecule has 4 atom stereocenters. The minimum Gasteiger partial charge on any atom is -0.463 e. The maximum Gasteiger partial charge on any atom is 0.157 e. The Labute approximate surface area is 117 Å². The summed E-state index contributed by atoms with van der Waals surface area (Å²) in [5, 5.41) is 0. The first kappa shape index (κ1) is 14.6. The van der Waals surface area contributed by atoms with E-state index in [4.69, 9.17) is 4.42 Å². The molecule has 3 heteroatoms. The first-order valence-electron chi connectivity index (χ1n) is 7.87. The summed E-state index contributed by atoms with van der Waals surface area (Å²) >= 11 is 0. The molecule has 0 radical (unpaired) electrons. The van der Waals surface area contributed by atoms with Gasteiger partial charge >= 0.3 is 0 Å². The monoisotopic (exact) mass is 266 g/mol. The fourth-order valence-corrected chi connectivity index (χ4v) is 3.34. The van der Waals surface area contributed by atoms with Crippen LogP contribution in [0.15, 0.2) is 22.8 Å². The van der Waals surface area contributed by atoms with E-state index in [-0.39, 0.29) is 0 Å². The van der Waals surface area contributed by atoms with Gasteiger partial charge < -0.3 is 15.1 Å². The smallest absolute Gasteiger partial charge is 0.157 e. The van der Waals surface area contributed by atoms with Gasteiger partial charge in [-0.3, -0.25) is 0 Å². The maximum atomic E-state index is 5.55. The van der Waals surface area contributed by atoms with Gasteiger partial charge in [-0.2, -0.15) is 0 Å². The van der Waals surface area contributed by atoms with Crippen molar-refractivity contribution in [2.75, 3.05) is 13.1 Å². The minimum atomic E-state index is 0.808. The van der Waals surface area contributed by atoms with Crippen LogP contribution in [0.2, 0.25) is 0 Å². The van der Waals surface area contributed by atoms with Crippen LogP contribution in [0.25, 0.3) is 0 Å². The summed E-state index contributed by atoms with van der Waals surface area (Å²) in [4.78, 5) is 1.71. The van der Waals surface area contributed by atoms with Crippen molar-refractivity contribution in [2.24, 2.45) is 11.8 Å². The largest absolute Gasteiger partial charge is 0.463 e. The van der Waals surface area contributed by atoms with Crippen LogP contribution < -0.4 is 10.6 Å². The number of quaternary nitrogens is 2. The van der Waals surface area contributed by atoms with Gasteiger partial charge in [0.05, 0.1) is 25.4 Å². The highest BCUT2D eigenvalue weighted by Crippen LogP contribution is 2.28. The van der Waals surface area contributed by atoms with Gasteiger partial charge in [0.25, 0.3) is 0 Å². The van der Waals surface area contributed by atoms with Crippen molar-refractivity contribution in [3.05, 3.63) is 24.2 Å². The molecule has 0 saturated heterocycles. The molecule has 0 bridgehead atoms. The van der Waals surface area contributed by atoms with Crippen LogP contribution in [0.1, 0.15) is 45.3 Å². The van der Waals surface area contributed by atoms with Crippen molar-refractivity contribution >= 4 is 0 Å². The van der Waals surface area contributed by atoms with E-state index in [9.17, 15) is 0 Å². The first-order valence-corrected chi connectivity index (χ1v) is 7.87. The number of hydrogen-bond acceptors (Lipinski definition) is 1. The highest BCUT2D eigenvalue weighted by atomic mass is 16.3. The molecule has 0 amide bonds. The molecule has 1 unspecified atom stereocenters. The van der Waals surface area contributed by atoms with Crippen LogP contribution in [0.5, 0.6) is 0 Å². The lowest BCUT2D eigenvalue weighted by molar-refractivity contribution is -0.942. The van der Waals surface area contributed by atoms with Crippen LogP contribution in [-0.2, 0) is 6.54 Å². The van der Waals surface area contributed by atoms with Gasteiger partial charge in [-0.1, -0.05) is 13.8 Å². The van der Waals surface area contributed by atoms with E-state index in [1.807, 2.05) is 6.07 Å². The SMILES string of the molecule is C[C@@H]1CC[C@H]([NH+](CCC[NH3+])Cc2ccco2)C[C@@H]1C. The van der Waals surface area contributed by atoms with Crippen LogP contribution in [0.4, 0.5) is 0 Å². The highest BCUT2D eigenvalue weighted by molar-refractivity contribution is 4.95. The summed E-state index contributed by atoms with van der Waals surface area (Å²) in [6.07, 6.45) is 7.14. The molecule has 1 aliphatic carbocycles. The Kier molecular flexibility index (Phi) is 5.46. The van der Waals surface area contributed by atoms with E-state index in [1.165, 1.54) is 32.2 Å². The van der Waals surface area contributed by atoms with Crippen molar-refractivity contribution in [2.45, 2.75) is 52.1 Å². The fourth-order valence-electron chi connectivity index (χ4n) is 3.34. The number of nitrogens with one attached hydrogen (secondary N) is 1. The molecule has 2 rings (SSSR count). The molecule has 1 fully saturated rings. The molecule has 1 aliphatic rings. The van der Waals surface area contributed by atoms with Crippen molar-refractivity contribution in [1.82, 2.24) is 0 Å². The lowest BCUT2D eigenvalue weighted by Crippen LogP contribution is -3.15. The Morgan fingerprint density at radius 1 is 1.32 bits per heavy atom. The minimum absolute atomic E-state index is 0.808.